The van der Waals surface area contributed by atoms with Crippen LogP contribution in [0.3, 0.4) is 0 Å². The van der Waals surface area contributed by atoms with E-state index < -0.39 is 11.9 Å². The molecule has 1 amide bonds. The molecule has 1 saturated carbocycles. The summed E-state index contributed by atoms with van der Waals surface area (Å²) >= 11 is 0. The molecule has 4 rings (SSSR count). The van der Waals surface area contributed by atoms with Gasteiger partial charge in [0.05, 0.1) is 24.7 Å². The van der Waals surface area contributed by atoms with Crippen molar-refractivity contribution < 1.29 is 19.0 Å². The molecule has 29 heavy (non-hydrogen) atoms. The third kappa shape index (κ3) is 4.11. The fraction of sp³-hybridized carbons (Fsp3) is 0.476. The van der Waals surface area contributed by atoms with Crippen molar-refractivity contribution in [1.29, 1.82) is 0 Å². The third-order valence-electron chi connectivity index (χ3n) is 5.87. The number of aromatic nitrogens is 2. The Hall–Kier alpha value is -2.90. The lowest BCUT2D eigenvalue weighted by Crippen LogP contribution is -2.40. The Morgan fingerprint density at radius 1 is 1.24 bits per heavy atom. The second kappa shape index (κ2) is 8.23. The second-order valence-electron chi connectivity index (χ2n) is 7.85. The van der Waals surface area contributed by atoms with Crippen LogP contribution >= 0.6 is 0 Å². The van der Waals surface area contributed by atoms with Gasteiger partial charge in [-0.2, -0.15) is 0 Å². The van der Waals surface area contributed by atoms with Crippen molar-refractivity contribution in [2.45, 2.75) is 38.0 Å². The van der Waals surface area contributed by atoms with Crippen molar-refractivity contribution in [2.75, 3.05) is 25.4 Å². The number of amides is 1. The Kier molecular flexibility index (Phi) is 5.51. The monoisotopic (exact) mass is 400 g/mol. The molecule has 2 fully saturated rings. The van der Waals surface area contributed by atoms with Gasteiger partial charge in [0, 0.05) is 30.1 Å². The van der Waals surface area contributed by atoms with E-state index in [0.29, 0.717) is 30.3 Å². The molecule has 1 aromatic heterocycles. The number of piperidine rings is 1. The highest BCUT2D eigenvalue weighted by Crippen LogP contribution is 2.44. The third-order valence-corrected chi connectivity index (χ3v) is 5.87. The highest BCUT2D eigenvalue weighted by Gasteiger charge is 2.29. The molecule has 7 nitrogen and oxygen atoms in total. The number of benzene rings is 1. The zero-order chi connectivity index (χ0) is 20.4. The molecule has 0 radical (unpaired) electrons. The molecule has 8 heteroatoms. The fourth-order valence-corrected chi connectivity index (χ4v) is 4.01. The number of halogens is 1. The van der Waals surface area contributed by atoms with E-state index in [1.165, 1.54) is 17.3 Å². The summed E-state index contributed by atoms with van der Waals surface area (Å²) in [5, 5.41) is 9.23. The van der Waals surface area contributed by atoms with Gasteiger partial charge in [0.25, 0.3) is 0 Å². The molecule has 3 N–H and O–H groups in total. The van der Waals surface area contributed by atoms with Gasteiger partial charge in [-0.25, -0.2) is 14.2 Å². The summed E-state index contributed by atoms with van der Waals surface area (Å²) in [6.07, 6.45) is 6.77. The van der Waals surface area contributed by atoms with E-state index >= 15 is 4.39 Å². The van der Waals surface area contributed by atoms with Gasteiger partial charge in [-0.3, -0.25) is 4.98 Å². The molecule has 1 aliphatic carbocycles. The first kappa shape index (κ1) is 19.4. The minimum absolute atomic E-state index is 0.0495. The van der Waals surface area contributed by atoms with Crippen LogP contribution in [0.5, 0.6) is 5.75 Å². The molecule has 0 bridgehead atoms. The summed E-state index contributed by atoms with van der Waals surface area (Å²) < 4.78 is 21.5. The van der Waals surface area contributed by atoms with E-state index in [0.717, 1.165) is 37.7 Å². The largest absolute Gasteiger partial charge is 0.490 e. The highest BCUT2D eigenvalue weighted by atomic mass is 19.1. The number of rotatable bonds is 5. The van der Waals surface area contributed by atoms with Crippen LogP contribution in [-0.2, 0) is 0 Å². The van der Waals surface area contributed by atoms with Crippen LogP contribution in [-0.4, -0.2) is 45.8 Å². The smallest absolute Gasteiger partial charge is 0.407 e. The first-order valence-corrected chi connectivity index (χ1v) is 10.0. The van der Waals surface area contributed by atoms with Crippen LogP contribution in [0, 0.1) is 11.7 Å². The van der Waals surface area contributed by atoms with Crippen LogP contribution in [0.15, 0.2) is 24.5 Å². The Bertz CT molecular complexity index is 886. The molecule has 2 aromatic rings. The number of hydrogen-bond donors (Lipinski definition) is 2. The lowest BCUT2D eigenvalue weighted by molar-refractivity contribution is 0.103. The molecule has 1 atom stereocenters. The van der Waals surface area contributed by atoms with Crippen LogP contribution in [0.4, 0.5) is 15.0 Å². The first-order valence-electron chi connectivity index (χ1n) is 10.0. The summed E-state index contributed by atoms with van der Waals surface area (Å²) in [5.41, 5.74) is 7.19. The first-order chi connectivity index (χ1) is 14.0. The molecule has 1 aliphatic heterocycles. The van der Waals surface area contributed by atoms with E-state index in [1.54, 1.807) is 6.07 Å². The predicted octanol–water partition coefficient (Wildman–Crippen LogP) is 3.90. The molecule has 1 aromatic carbocycles. The quantitative estimate of drug-likeness (QED) is 0.789. The van der Waals surface area contributed by atoms with Crippen molar-refractivity contribution in [3.05, 3.63) is 35.9 Å². The zero-order valence-electron chi connectivity index (χ0n) is 16.2. The van der Waals surface area contributed by atoms with E-state index in [1.807, 2.05) is 6.07 Å². The maximum Gasteiger partial charge on any atom is 0.407 e. The number of nitrogen functional groups attached to an aromatic ring is 1. The number of carbonyl (C=O) groups is 1. The van der Waals surface area contributed by atoms with Crippen molar-refractivity contribution in [3.63, 3.8) is 0 Å². The van der Waals surface area contributed by atoms with Gasteiger partial charge in [0.1, 0.15) is 5.82 Å². The second-order valence-corrected chi connectivity index (χ2v) is 7.85. The van der Waals surface area contributed by atoms with Crippen LogP contribution in [0.1, 0.15) is 43.6 Å². The SMILES string of the molecule is Nc1cnc(-c2ccc(C3CCC3)c(OCC3CCCN(C(=O)O)C3)c2F)cn1. The molecule has 2 aliphatic rings. The van der Waals surface area contributed by atoms with Gasteiger partial charge < -0.3 is 20.5 Å². The Morgan fingerprint density at radius 3 is 2.72 bits per heavy atom. The van der Waals surface area contributed by atoms with Crippen molar-refractivity contribution in [2.24, 2.45) is 5.92 Å². The summed E-state index contributed by atoms with van der Waals surface area (Å²) in [5.74, 6) is 0.441. The Morgan fingerprint density at radius 2 is 2.07 bits per heavy atom. The number of likely N-dealkylation sites (tertiary alicyclic amines) is 1. The molecule has 2 heterocycles. The normalized spacial score (nSPS) is 19.6. The molecule has 1 saturated heterocycles. The number of anilines is 1. The fourth-order valence-electron chi connectivity index (χ4n) is 4.01. The standard InChI is InChI=1S/C21H25FN4O3/c22-19-16(17-9-25-18(23)10-24-17)7-6-15(14-4-1-5-14)20(19)29-12-13-3-2-8-26(11-13)21(27)28/h6-7,9-10,13-14H,1-5,8,11-12H2,(H2,23,25)(H,27,28). The Labute approximate surface area is 168 Å². The summed E-state index contributed by atoms with van der Waals surface area (Å²) in [7, 11) is 0. The van der Waals surface area contributed by atoms with E-state index in [-0.39, 0.29) is 24.1 Å². The van der Waals surface area contributed by atoms with Gasteiger partial charge in [0.15, 0.2) is 11.6 Å². The molecule has 154 valence electrons. The van der Waals surface area contributed by atoms with Crippen molar-refractivity contribution in [1.82, 2.24) is 14.9 Å². The molecule has 0 spiro atoms. The zero-order valence-corrected chi connectivity index (χ0v) is 16.2. The van der Waals surface area contributed by atoms with Gasteiger partial charge in [0.2, 0.25) is 0 Å². The molecule has 1 unspecified atom stereocenters. The minimum Gasteiger partial charge on any atom is -0.490 e. The average molecular weight is 400 g/mol. The number of carboxylic acid groups (broad SMARTS) is 1. The van der Waals surface area contributed by atoms with Crippen molar-refractivity contribution in [3.8, 4) is 17.0 Å². The van der Waals surface area contributed by atoms with Crippen LogP contribution in [0.2, 0.25) is 0 Å². The summed E-state index contributed by atoms with van der Waals surface area (Å²) in [6.45, 7) is 1.24. The van der Waals surface area contributed by atoms with Gasteiger partial charge in [-0.15, -0.1) is 0 Å². The van der Waals surface area contributed by atoms with E-state index in [9.17, 15) is 9.90 Å². The lowest BCUT2D eigenvalue weighted by Gasteiger charge is -2.32. The van der Waals surface area contributed by atoms with E-state index in [4.69, 9.17) is 10.5 Å². The van der Waals surface area contributed by atoms with E-state index in [2.05, 4.69) is 9.97 Å². The van der Waals surface area contributed by atoms with Gasteiger partial charge in [-0.05, 0) is 37.7 Å². The average Bonchev–Trinajstić information content (AvgIpc) is 2.67. The van der Waals surface area contributed by atoms with Gasteiger partial charge >= 0.3 is 6.09 Å². The molecular formula is C21H25FN4O3. The predicted molar refractivity (Wildman–Crippen MR) is 106 cm³/mol. The minimum atomic E-state index is -0.917. The number of nitrogens with two attached hydrogens (primary N) is 1. The van der Waals surface area contributed by atoms with Gasteiger partial charge in [-0.1, -0.05) is 12.5 Å². The van der Waals surface area contributed by atoms with Crippen molar-refractivity contribution >= 4 is 11.9 Å². The number of hydrogen-bond acceptors (Lipinski definition) is 5. The number of ether oxygens (including phenoxy) is 1. The molecular weight excluding hydrogens is 375 g/mol. The summed E-state index contributed by atoms with van der Waals surface area (Å²) in [4.78, 5) is 20.8. The Balaban J connectivity index is 1.58. The summed E-state index contributed by atoms with van der Waals surface area (Å²) in [6, 6.07) is 3.64. The van der Waals surface area contributed by atoms with Crippen LogP contribution < -0.4 is 10.5 Å². The maximum atomic E-state index is 15.5. The topological polar surface area (TPSA) is 102 Å². The number of nitrogens with zero attached hydrogens (tertiary/aromatic N) is 3. The van der Waals surface area contributed by atoms with Crippen LogP contribution in [0.25, 0.3) is 11.3 Å². The highest BCUT2D eigenvalue weighted by molar-refractivity contribution is 5.65. The maximum absolute atomic E-state index is 15.5. The lowest BCUT2D eigenvalue weighted by atomic mass is 9.79.